The normalized spacial score (nSPS) is 24.3. The van der Waals surface area contributed by atoms with Crippen LogP contribution >= 0.6 is 15.9 Å². The molecule has 2 atom stereocenters. The van der Waals surface area contributed by atoms with Gasteiger partial charge in [-0.2, -0.15) is 0 Å². The van der Waals surface area contributed by atoms with Crippen molar-refractivity contribution in [3.8, 4) is 0 Å². The topological polar surface area (TPSA) is 21.3 Å². The van der Waals surface area contributed by atoms with Crippen LogP contribution in [0.5, 0.6) is 0 Å². The Labute approximate surface area is 118 Å². The van der Waals surface area contributed by atoms with E-state index in [1.165, 1.54) is 15.7 Å². The Balaban J connectivity index is 2.03. The molecule has 2 rings (SSSR count). The van der Waals surface area contributed by atoms with Crippen LogP contribution in [0.2, 0.25) is 0 Å². The van der Waals surface area contributed by atoms with Gasteiger partial charge >= 0.3 is 0 Å². The largest absolute Gasteiger partial charge is 0.381 e. The summed E-state index contributed by atoms with van der Waals surface area (Å²) in [5, 5.41) is 3.65. The van der Waals surface area contributed by atoms with Crippen LogP contribution in [-0.2, 0) is 4.74 Å². The van der Waals surface area contributed by atoms with Crippen LogP contribution < -0.4 is 5.32 Å². The zero-order valence-corrected chi connectivity index (χ0v) is 13.0. The van der Waals surface area contributed by atoms with E-state index in [0.717, 1.165) is 19.4 Å². The van der Waals surface area contributed by atoms with E-state index in [2.05, 4.69) is 60.2 Å². The third kappa shape index (κ3) is 3.27. The molecule has 18 heavy (non-hydrogen) atoms. The fourth-order valence-electron chi connectivity index (χ4n) is 2.40. The van der Waals surface area contributed by atoms with E-state index in [4.69, 9.17) is 4.74 Å². The number of ether oxygens (including phenoxy) is 1. The maximum atomic E-state index is 5.81. The first kappa shape index (κ1) is 13.9. The Morgan fingerprint density at radius 2 is 2.17 bits per heavy atom. The lowest BCUT2D eigenvalue weighted by molar-refractivity contribution is -0.0160. The van der Waals surface area contributed by atoms with E-state index < -0.39 is 0 Å². The molecule has 1 aromatic carbocycles. The first-order valence-electron chi connectivity index (χ1n) is 6.71. The van der Waals surface area contributed by atoms with Crippen LogP contribution in [-0.4, -0.2) is 18.8 Å². The Morgan fingerprint density at radius 1 is 1.39 bits per heavy atom. The Morgan fingerprint density at radius 3 is 2.89 bits per heavy atom. The Bertz CT molecular complexity index is 405. The second kappa shape index (κ2) is 6.07. The highest BCUT2D eigenvalue weighted by molar-refractivity contribution is 9.10. The van der Waals surface area contributed by atoms with Gasteiger partial charge in [-0.25, -0.2) is 0 Å². The molecule has 100 valence electrons. The summed E-state index contributed by atoms with van der Waals surface area (Å²) in [5.74, 6) is 0.593. The fourth-order valence-corrected chi connectivity index (χ4v) is 2.78. The Hall–Kier alpha value is -0.540. The van der Waals surface area contributed by atoms with Crippen LogP contribution in [0.1, 0.15) is 32.3 Å². The van der Waals surface area contributed by atoms with Gasteiger partial charge in [0.05, 0.1) is 6.10 Å². The van der Waals surface area contributed by atoms with Crippen molar-refractivity contribution in [3.05, 3.63) is 28.2 Å². The predicted molar refractivity (Wildman–Crippen MR) is 80.1 cm³/mol. The minimum Gasteiger partial charge on any atom is -0.381 e. The molecule has 0 aromatic heterocycles. The molecular formula is C15H22BrNO. The van der Waals surface area contributed by atoms with Gasteiger partial charge in [0, 0.05) is 22.8 Å². The lowest BCUT2D eigenvalue weighted by atomic mass is 9.95. The summed E-state index contributed by atoms with van der Waals surface area (Å²) < 4.78 is 6.99. The predicted octanol–water partition coefficient (Wildman–Crippen LogP) is 4.37. The fraction of sp³-hybridized carbons (Fsp3) is 0.600. The molecule has 0 radical (unpaired) electrons. The molecule has 2 nitrogen and oxygen atoms in total. The number of hydrogen-bond acceptors (Lipinski definition) is 2. The van der Waals surface area contributed by atoms with Gasteiger partial charge in [0.2, 0.25) is 0 Å². The van der Waals surface area contributed by atoms with Crippen molar-refractivity contribution >= 4 is 21.6 Å². The average Bonchev–Trinajstić information content (AvgIpc) is 2.35. The molecule has 0 bridgehead atoms. The highest BCUT2D eigenvalue weighted by Gasteiger charge is 2.25. The number of halogens is 1. The summed E-state index contributed by atoms with van der Waals surface area (Å²) in [6, 6.07) is 6.87. The highest BCUT2D eigenvalue weighted by atomic mass is 79.9. The number of aryl methyl sites for hydroxylation is 1. The number of hydrogen-bond donors (Lipinski definition) is 1. The van der Waals surface area contributed by atoms with Crippen molar-refractivity contribution in [2.24, 2.45) is 5.92 Å². The van der Waals surface area contributed by atoms with Gasteiger partial charge in [0.1, 0.15) is 0 Å². The van der Waals surface area contributed by atoms with Gasteiger partial charge < -0.3 is 10.1 Å². The van der Waals surface area contributed by atoms with E-state index in [0.29, 0.717) is 18.1 Å². The van der Waals surface area contributed by atoms with Gasteiger partial charge in [-0.15, -0.1) is 0 Å². The summed E-state index contributed by atoms with van der Waals surface area (Å²) in [5.41, 5.74) is 2.47. The molecule has 0 amide bonds. The SMILES string of the molecule is Cc1cccc(NC2CCOC(C(C)C)C2)c1Br. The molecule has 0 spiro atoms. The summed E-state index contributed by atoms with van der Waals surface area (Å²) in [6.45, 7) is 7.45. The van der Waals surface area contributed by atoms with Crippen molar-refractivity contribution in [2.75, 3.05) is 11.9 Å². The number of anilines is 1. The Kier molecular flexibility index (Phi) is 4.68. The molecule has 3 heteroatoms. The van der Waals surface area contributed by atoms with Crippen molar-refractivity contribution in [1.29, 1.82) is 0 Å². The lowest BCUT2D eigenvalue weighted by Crippen LogP contribution is -2.36. The smallest absolute Gasteiger partial charge is 0.0617 e. The number of nitrogens with one attached hydrogen (secondary N) is 1. The van der Waals surface area contributed by atoms with Gasteiger partial charge in [-0.3, -0.25) is 0 Å². The summed E-state index contributed by atoms with van der Waals surface area (Å²) in [4.78, 5) is 0. The van der Waals surface area contributed by atoms with E-state index in [9.17, 15) is 0 Å². The quantitative estimate of drug-likeness (QED) is 0.894. The zero-order valence-electron chi connectivity index (χ0n) is 11.4. The number of rotatable bonds is 3. The number of benzene rings is 1. The van der Waals surface area contributed by atoms with Gasteiger partial charge in [-0.1, -0.05) is 26.0 Å². The van der Waals surface area contributed by atoms with Crippen LogP contribution in [0.4, 0.5) is 5.69 Å². The van der Waals surface area contributed by atoms with Crippen LogP contribution in [0.3, 0.4) is 0 Å². The first-order valence-corrected chi connectivity index (χ1v) is 7.50. The van der Waals surface area contributed by atoms with Crippen molar-refractivity contribution < 1.29 is 4.74 Å². The maximum absolute atomic E-state index is 5.81. The van der Waals surface area contributed by atoms with Crippen LogP contribution in [0.25, 0.3) is 0 Å². The molecule has 1 aliphatic heterocycles. The maximum Gasteiger partial charge on any atom is 0.0617 e. The summed E-state index contributed by atoms with van der Waals surface area (Å²) >= 11 is 3.66. The third-order valence-electron chi connectivity index (χ3n) is 3.61. The van der Waals surface area contributed by atoms with Crippen LogP contribution in [0, 0.1) is 12.8 Å². The molecule has 2 unspecified atom stereocenters. The molecule has 1 aromatic rings. The van der Waals surface area contributed by atoms with Crippen molar-refractivity contribution in [3.63, 3.8) is 0 Å². The molecule has 1 N–H and O–H groups in total. The monoisotopic (exact) mass is 311 g/mol. The van der Waals surface area contributed by atoms with Gasteiger partial charge in [-0.05, 0) is 53.2 Å². The minimum atomic E-state index is 0.389. The van der Waals surface area contributed by atoms with Gasteiger partial charge in [0.15, 0.2) is 0 Å². The summed E-state index contributed by atoms with van der Waals surface area (Å²) in [6.07, 6.45) is 2.57. The highest BCUT2D eigenvalue weighted by Crippen LogP contribution is 2.29. The van der Waals surface area contributed by atoms with E-state index in [-0.39, 0.29) is 0 Å². The molecule has 0 aliphatic carbocycles. The second-order valence-corrected chi connectivity index (χ2v) is 6.25. The zero-order chi connectivity index (χ0) is 13.1. The molecule has 0 saturated carbocycles. The molecular weight excluding hydrogens is 290 g/mol. The molecule has 1 aliphatic rings. The molecule has 1 saturated heterocycles. The second-order valence-electron chi connectivity index (χ2n) is 5.46. The van der Waals surface area contributed by atoms with E-state index in [1.807, 2.05) is 0 Å². The average molecular weight is 312 g/mol. The minimum absolute atomic E-state index is 0.389. The van der Waals surface area contributed by atoms with Crippen molar-refractivity contribution in [2.45, 2.75) is 45.8 Å². The summed E-state index contributed by atoms with van der Waals surface area (Å²) in [7, 11) is 0. The molecule has 1 fully saturated rings. The van der Waals surface area contributed by atoms with Crippen molar-refractivity contribution in [1.82, 2.24) is 0 Å². The first-order chi connectivity index (χ1) is 8.58. The standard InChI is InChI=1S/C15H22BrNO/c1-10(2)14-9-12(7-8-18-14)17-13-6-4-5-11(3)15(13)16/h4-6,10,12,14,17H,7-9H2,1-3H3. The van der Waals surface area contributed by atoms with E-state index >= 15 is 0 Å². The lowest BCUT2D eigenvalue weighted by Gasteiger charge is -2.33. The third-order valence-corrected chi connectivity index (χ3v) is 4.66. The van der Waals surface area contributed by atoms with E-state index in [1.54, 1.807) is 0 Å². The molecule has 1 heterocycles. The van der Waals surface area contributed by atoms with Crippen LogP contribution in [0.15, 0.2) is 22.7 Å². The van der Waals surface area contributed by atoms with Gasteiger partial charge in [0.25, 0.3) is 0 Å².